The van der Waals surface area contributed by atoms with Gasteiger partial charge in [0.2, 0.25) is 27.7 Å². The lowest BCUT2D eigenvalue weighted by molar-refractivity contribution is -0.141. The molecule has 2 saturated carbocycles. The molecule has 2 aliphatic heterocycles. The molecule has 2 aliphatic carbocycles. The molecule has 1 unspecified atom stereocenters. The van der Waals surface area contributed by atoms with Gasteiger partial charge in [-0.3, -0.25) is 23.9 Å². The number of sulfonamides is 1. The van der Waals surface area contributed by atoms with Gasteiger partial charge in [0.15, 0.2) is 5.82 Å². The largest absolute Gasteiger partial charge is 0.471 e. The molecule has 0 spiro atoms. The Morgan fingerprint density at radius 2 is 1.83 bits per heavy atom. The molecule has 2 aromatic carbocycles. The summed E-state index contributed by atoms with van der Waals surface area (Å²) in [5.41, 5.74) is -0.915. The van der Waals surface area contributed by atoms with Crippen molar-refractivity contribution < 1.29 is 41.1 Å². The molecule has 0 radical (unpaired) electrons. The summed E-state index contributed by atoms with van der Waals surface area (Å²) in [5, 5.41) is 5.56. The predicted molar refractivity (Wildman–Crippen MR) is 192 cm³/mol. The third-order valence-corrected chi connectivity index (χ3v) is 13.1. The van der Waals surface area contributed by atoms with Crippen LogP contribution in [0.1, 0.15) is 80.8 Å². The molecular formula is C38H42F2N6O7S. The first kappa shape index (κ1) is 37.3. The number of para-hydroxylation sites is 1. The smallest absolute Gasteiger partial charge is 0.259 e. The Kier molecular flexibility index (Phi) is 9.91. The van der Waals surface area contributed by atoms with Crippen molar-refractivity contribution in [3.63, 3.8) is 0 Å². The number of fused-ring (bicyclic) bond motifs is 3. The Morgan fingerprint density at radius 3 is 2.59 bits per heavy atom. The summed E-state index contributed by atoms with van der Waals surface area (Å²) in [6.07, 6.45) is 6.58. The van der Waals surface area contributed by atoms with Gasteiger partial charge < -0.3 is 20.3 Å². The Hall–Kier alpha value is -4.99. The van der Waals surface area contributed by atoms with Crippen molar-refractivity contribution in [2.24, 2.45) is 5.92 Å². The van der Waals surface area contributed by atoms with Gasteiger partial charge in [-0.2, -0.15) is 0 Å². The van der Waals surface area contributed by atoms with E-state index >= 15 is 0 Å². The van der Waals surface area contributed by atoms with E-state index in [9.17, 15) is 36.4 Å². The van der Waals surface area contributed by atoms with Crippen molar-refractivity contribution in [2.75, 3.05) is 6.54 Å². The Labute approximate surface area is 311 Å². The van der Waals surface area contributed by atoms with E-state index in [1.165, 1.54) is 35.2 Å². The molecule has 5 atom stereocenters. The molecule has 1 saturated heterocycles. The number of benzene rings is 2. The van der Waals surface area contributed by atoms with Crippen molar-refractivity contribution in [1.82, 2.24) is 30.2 Å². The molecule has 1 aromatic heterocycles. The van der Waals surface area contributed by atoms with Crippen LogP contribution >= 0.6 is 0 Å². The number of nitrogens with one attached hydrogen (secondary N) is 3. The van der Waals surface area contributed by atoms with Crippen molar-refractivity contribution in [1.29, 1.82) is 0 Å². The molecule has 13 nitrogen and oxygen atoms in total. The first-order chi connectivity index (χ1) is 25.7. The molecule has 16 heteroatoms. The second-order valence-electron chi connectivity index (χ2n) is 15.0. The topological polar surface area (TPSA) is 177 Å². The third kappa shape index (κ3) is 7.39. The maximum Gasteiger partial charge on any atom is 0.259 e. The van der Waals surface area contributed by atoms with Crippen LogP contribution in [-0.4, -0.2) is 81.9 Å². The lowest BCUT2D eigenvalue weighted by Crippen LogP contribution is -2.58. The first-order valence-corrected chi connectivity index (χ1v) is 19.7. The van der Waals surface area contributed by atoms with Crippen LogP contribution in [0.15, 0.2) is 54.6 Å². The van der Waals surface area contributed by atoms with Crippen molar-refractivity contribution >= 4 is 44.7 Å². The van der Waals surface area contributed by atoms with Crippen LogP contribution in [0.25, 0.3) is 11.0 Å². The predicted octanol–water partition coefficient (Wildman–Crippen LogP) is 3.76. The zero-order valence-electron chi connectivity index (χ0n) is 29.9. The van der Waals surface area contributed by atoms with Gasteiger partial charge in [-0.25, -0.2) is 27.2 Å². The number of aromatic nitrogens is 2. The molecule has 54 heavy (non-hydrogen) atoms. The summed E-state index contributed by atoms with van der Waals surface area (Å²) in [6.45, 7) is 3.05. The standard InChI is InChI=1S/C38H42F2N6O7S/c1-22-34(43-31-27(40)13-9-15-28(31)41-22)53-26-19-30-33(48)44-38(36(50)45-54(51,52)37(2)16-17-37)20-24(38)11-6-4-3-5-7-14-29(35(49)46(30)21-26)42-32(47)23-10-8-12-25(39)18-23/h6,8-13,15,18,24,26,29-30H,3-5,7,14,16-17,19-21H2,1-2H3,(H,42,47)(H,44,48)(H,45,50)/b11-6-/t24?,26-,29+,30+,38-/m1/s1. The van der Waals surface area contributed by atoms with Gasteiger partial charge in [0.25, 0.3) is 11.8 Å². The molecule has 3 fully saturated rings. The maximum absolute atomic E-state index is 14.7. The van der Waals surface area contributed by atoms with Gasteiger partial charge in [-0.15, -0.1) is 0 Å². The fourth-order valence-corrected chi connectivity index (χ4v) is 8.52. The van der Waals surface area contributed by atoms with E-state index < -0.39 is 79.7 Å². The van der Waals surface area contributed by atoms with Crippen molar-refractivity contribution in [2.45, 2.75) is 100 Å². The average molecular weight is 765 g/mol. The summed E-state index contributed by atoms with van der Waals surface area (Å²) in [7, 11) is -4.03. The van der Waals surface area contributed by atoms with Gasteiger partial charge in [-0.05, 0) is 82.7 Å². The van der Waals surface area contributed by atoms with Gasteiger partial charge >= 0.3 is 0 Å². The summed E-state index contributed by atoms with van der Waals surface area (Å²) in [4.78, 5) is 66.0. The molecule has 4 amide bonds. The zero-order valence-corrected chi connectivity index (χ0v) is 30.8. The van der Waals surface area contributed by atoms with E-state index in [1.807, 2.05) is 12.2 Å². The minimum Gasteiger partial charge on any atom is -0.471 e. The van der Waals surface area contributed by atoms with E-state index in [1.54, 1.807) is 19.9 Å². The van der Waals surface area contributed by atoms with Crippen LogP contribution < -0.4 is 20.1 Å². The fourth-order valence-electron chi connectivity index (χ4n) is 7.20. The van der Waals surface area contributed by atoms with E-state index in [-0.39, 0.29) is 42.8 Å². The zero-order chi connectivity index (χ0) is 38.4. The minimum atomic E-state index is -4.03. The number of ether oxygens (including phenoxy) is 1. The van der Waals surface area contributed by atoms with Crippen LogP contribution in [0.2, 0.25) is 0 Å². The second kappa shape index (κ2) is 14.3. The van der Waals surface area contributed by atoms with Crippen LogP contribution in [0.4, 0.5) is 8.78 Å². The highest BCUT2D eigenvalue weighted by molar-refractivity contribution is 7.91. The van der Waals surface area contributed by atoms with Crippen LogP contribution in [0, 0.1) is 24.5 Å². The van der Waals surface area contributed by atoms with Gasteiger partial charge in [0.05, 0.1) is 16.8 Å². The number of nitrogens with zero attached hydrogens (tertiary/aromatic N) is 3. The highest BCUT2D eigenvalue weighted by Crippen LogP contribution is 2.47. The summed E-state index contributed by atoms with van der Waals surface area (Å²) >= 11 is 0. The molecule has 4 aliphatic rings. The van der Waals surface area contributed by atoms with Gasteiger partial charge in [0, 0.05) is 17.9 Å². The highest BCUT2D eigenvalue weighted by atomic mass is 32.2. The van der Waals surface area contributed by atoms with Crippen molar-refractivity contribution in [3.05, 3.63) is 77.5 Å². The number of carbonyl (C=O) groups is 4. The normalized spacial score (nSPS) is 27.4. The number of hydrogen-bond acceptors (Lipinski definition) is 9. The second-order valence-corrected chi connectivity index (χ2v) is 17.2. The highest BCUT2D eigenvalue weighted by Gasteiger charge is 2.63. The number of amides is 4. The first-order valence-electron chi connectivity index (χ1n) is 18.2. The van der Waals surface area contributed by atoms with Gasteiger partial charge in [-0.1, -0.05) is 37.1 Å². The molecule has 7 rings (SSSR count). The Morgan fingerprint density at radius 1 is 1.06 bits per heavy atom. The van der Waals surface area contributed by atoms with Crippen LogP contribution in [0.5, 0.6) is 5.88 Å². The van der Waals surface area contributed by atoms with E-state index in [0.717, 1.165) is 12.5 Å². The summed E-state index contributed by atoms with van der Waals surface area (Å²) in [6, 6.07) is 7.10. The molecule has 3 aromatic rings. The molecular weight excluding hydrogens is 723 g/mol. The van der Waals surface area contributed by atoms with Crippen LogP contribution in [0.3, 0.4) is 0 Å². The number of rotatable bonds is 7. The number of aryl methyl sites for hydroxylation is 1. The lowest BCUT2D eigenvalue weighted by Gasteiger charge is -2.30. The number of hydrogen-bond donors (Lipinski definition) is 3. The molecule has 286 valence electrons. The monoisotopic (exact) mass is 764 g/mol. The van der Waals surface area contributed by atoms with E-state index in [0.29, 0.717) is 43.3 Å². The molecule has 0 bridgehead atoms. The average Bonchev–Trinajstić information content (AvgIpc) is 4.01. The Balaban J connectivity index is 1.20. The molecule has 3 N–H and O–H groups in total. The Bertz CT molecular complexity index is 2160. The fraction of sp³-hybridized carbons (Fsp3) is 0.474. The molecule has 3 heterocycles. The van der Waals surface area contributed by atoms with Gasteiger partial charge in [0.1, 0.15) is 40.8 Å². The number of carbonyl (C=O) groups excluding carboxylic acids is 4. The van der Waals surface area contributed by atoms with Crippen LogP contribution in [-0.2, 0) is 24.4 Å². The lowest BCUT2D eigenvalue weighted by atomic mass is 10.0. The SMILES string of the molecule is Cc1nc2cccc(F)c2nc1O[C@@H]1C[C@H]2C(=O)N[C@]3(C(=O)NS(=O)(=O)C4(C)CC4)CC3/C=C\CCCCC[C@H](NC(=O)c3cccc(F)c3)C(=O)N2C1. The quantitative estimate of drug-likeness (QED) is 0.303. The number of halogens is 2. The summed E-state index contributed by atoms with van der Waals surface area (Å²) < 4.78 is 62.3. The maximum atomic E-state index is 14.7. The van der Waals surface area contributed by atoms with E-state index in [4.69, 9.17) is 4.74 Å². The third-order valence-electron chi connectivity index (χ3n) is 10.9. The van der Waals surface area contributed by atoms with E-state index in [2.05, 4.69) is 25.3 Å². The number of allylic oxidation sites excluding steroid dienone is 1. The summed E-state index contributed by atoms with van der Waals surface area (Å²) in [5.74, 6) is -4.55. The van der Waals surface area contributed by atoms with Crippen molar-refractivity contribution in [3.8, 4) is 5.88 Å². The minimum absolute atomic E-state index is 0.00572.